The number of Topliss-reactive ketones (excluding diaryl/α,β-unsaturated/α-hetero) is 3. The first-order valence-corrected chi connectivity index (χ1v) is 25.8. The molecule has 1 fully saturated rings. The Hall–Kier alpha value is -6.70. The molecule has 24 heteroatoms. The van der Waals surface area contributed by atoms with Crippen LogP contribution in [0.5, 0.6) is 11.5 Å². The maximum Gasteiger partial charge on any atom is 0.330 e. The lowest BCUT2D eigenvalue weighted by molar-refractivity contribution is -0.160. The molecule has 1 unspecified atom stereocenters. The number of nitrogens with zero attached hydrogens (tertiary/aromatic N) is 1. The van der Waals surface area contributed by atoms with E-state index in [1.165, 1.54) is 66.2 Å². The number of benzene rings is 1. The van der Waals surface area contributed by atoms with Gasteiger partial charge >= 0.3 is 29.4 Å². The summed E-state index contributed by atoms with van der Waals surface area (Å²) < 4.78 is 40.8. The first-order chi connectivity index (χ1) is 36.2. The fourth-order valence-electron chi connectivity index (χ4n) is 9.46. The van der Waals surface area contributed by atoms with Gasteiger partial charge < -0.3 is 58.9 Å². The number of rotatable bonds is 12. The molecule has 0 spiro atoms. The minimum Gasteiger partial charge on any atom is -0.507 e. The van der Waals surface area contributed by atoms with Gasteiger partial charge in [-0.1, -0.05) is 45.9 Å². The number of esters is 3. The number of ketones is 3. The number of aromatic amines is 1. The van der Waals surface area contributed by atoms with Crippen LogP contribution in [0.2, 0.25) is 0 Å². The van der Waals surface area contributed by atoms with Crippen molar-refractivity contribution in [1.82, 2.24) is 14.9 Å². The van der Waals surface area contributed by atoms with Crippen LogP contribution in [0, 0.1) is 37.5 Å². The second-order valence-corrected chi connectivity index (χ2v) is 20.8. The van der Waals surface area contributed by atoms with E-state index in [2.05, 4.69) is 10.3 Å². The number of H-pyrrole nitrogens is 1. The summed E-state index contributed by atoms with van der Waals surface area (Å²) in [6, 6.07) is 0. The zero-order valence-electron chi connectivity index (χ0n) is 44.2. The molecule has 5 bridgehead atoms. The smallest absolute Gasteiger partial charge is 0.330 e. The van der Waals surface area contributed by atoms with Crippen molar-refractivity contribution in [1.29, 1.82) is 0 Å². The number of nitrogens with one attached hydrogen (secondary N) is 2. The van der Waals surface area contributed by atoms with Crippen LogP contribution in [-0.4, -0.2) is 140 Å². The van der Waals surface area contributed by atoms with Crippen LogP contribution in [0.25, 0.3) is 0 Å². The van der Waals surface area contributed by atoms with Crippen LogP contribution in [-0.2, 0) is 47.6 Å². The molecular formula is C53H65N3O20S. The number of fused-ring (bicyclic) bond motifs is 14. The molecule has 1 saturated heterocycles. The Morgan fingerprint density at radius 2 is 1.56 bits per heavy atom. The van der Waals surface area contributed by atoms with Gasteiger partial charge in [0.25, 0.3) is 17.2 Å². The van der Waals surface area contributed by atoms with E-state index in [0.717, 1.165) is 10.8 Å². The van der Waals surface area contributed by atoms with Crippen molar-refractivity contribution in [3.63, 3.8) is 0 Å². The van der Waals surface area contributed by atoms with Crippen molar-refractivity contribution < 1.29 is 87.1 Å². The molecule has 1 aromatic heterocycles. The lowest BCUT2D eigenvalue weighted by Gasteiger charge is -2.38. The van der Waals surface area contributed by atoms with Crippen molar-refractivity contribution >= 4 is 52.9 Å². The molecule has 7 rings (SSSR count). The number of thioether (sulfide) groups is 1. The second kappa shape index (κ2) is 24.7. The van der Waals surface area contributed by atoms with E-state index in [1.54, 1.807) is 33.8 Å². The van der Waals surface area contributed by atoms with E-state index in [4.69, 9.17) is 33.2 Å². The number of aromatic hydroxyl groups is 1. The summed E-state index contributed by atoms with van der Waals surface area (Å²) in [6.07, 6.45) is 0.0263. The van der Waals surface area contributed by atoms with Gasteiger partial charge in [0, 0.05) is 79.7 Å². The van der Waals surface area contributed by atoms with E-state index < -0.39 is 184 Å². The van der Waals surface area contributed by atoms with Gasteiger partial charge in [0.2, 0.25) is 11.6 Å². The minimum absolute atomic E-state index is 0.0214. The molecule has 418 valence electrons. The number of aliphatic hydroxyl groups is 3. The molecule has 0 radical (unpaired) electrons. The molecule has 12 atom stereocenters. The highest BCUT2D eigenvalue weighted by Crippen LogP contribution is 2.49. The number of phenols is 1. The first kappa shape index (κ1) is 59.5. The molecule has 2 aromatic rings. The maximum absolute atomic E-state index is 14.8. The van der Waals surface area contributed by atoms with Crippen LogP contribution in [0.3, 0.4) is 0 Å². The van der Waals surface area contributed by atoms with Crippen molar-refractivity contribution in [2.75, 3.05) is 26.1 Å². The molecule has 6 N–H and O–H groups in total. The number of hydrogen-bond acceptors (Lipinski definition) is 21. The number of carbonyl (C=O) groups is 7. The number of allylic oxidation sites excluding steroid dienone is 4. The summed E-state index contributed by atoms with van der Waals surface area (Å²) >= 11 is 0.689. The number of amides is 1. The van der Waals surface area contributed by atoms with Gasteiger partial charge in [-0.05, 0) is 26.8 Å². The SMILES string of the molecule is CO[C@H]1/C=C/O[C@@]2(C)Oc3c(C)c(O)c4c(c3C2=O)C(=O)C(SCCOC(=O)CCC(=O)OC[C@H]2O[C@@H](n3cc(C)c(=O)[nH]c3=O)CC2O)=C(NC(=O)/C(C)=C\C=C\[C@@H](C)[C@H](O)[C@@H](C)[C@H](O)[C@@H](C)[C@H](OC(C)=O)[C@@H]1C)C4=O. The quantitative estimate of drug-likeness (QED) is 0.101. The Labute approximate surface area is 446 Å². The van der Waals surface area contributed by atoms with Crippen LogP contribution in [0.15, 0.2) is 62.5 Å². The van der Waals surface area contributed by atoms with Gasteiger partial charge in [-0.2, -0.15) is 0 Å². The monoisotopic (exact) mass is 1100 g/mol. The predicted molar refractivity (Wildman–Crippen MR) is 272 cm³/mol. The second-order valence-electron chi connectivity index (χ2n) is 19.7. The molecule has 5 heterocycles. The van der Waals surface area contributed by atoms with E-state index in [1.807, 2.05) is 0 Å². The Balaban J connectivity index is 1.23. The number of aryl methyl sites for hydroxylation is 1. The number of hydrogen-bond donors (Lipinski definition) is 6. The molecule has 1 amide bonds. The third-order valence-electron chi connectivity index (χ3n) is 14.1. The van der Waals surface area contributed by atoms with Crippen LogP contribution in [0.4, 0.5) is 0 Å². The zero-order valence-corrected chi connectivity index (χ0v) is 45.1. The number of aliphatic hydroxyl groups excluding tert-OH is 3. The van der Waals surface area contributed by atoms with Crippen LogP contribution in [0.1, 0.15) is 116 Å². The summed E-state index contributed by atoms with van der Waals surface area (Å²) in [6.45, 7) is 12.6. The molecule has 0 saturated carbocycles. The summed E-state index contributed by atoms with van der Waals surface area (Å²) in [5.41, 5.74) is -3.25. The van der Waals surface area contributed by atoms with E-state index in [0.29, 0.717) is 11.8 Å². The lowest BCUT2D eigenvalue weighted by atomic mass is 9.78. The zero-order chi connectivity index (χ0) is 57.0. The highest BCUT2D eigenvalue weighted by molar-refractivity contribution is 8.04. The average molecular weight is 1100 g/mol. The Kier molecular flexibility index (Phi) is 19.1. The molecule has 5 aliphatic rings. The standard InChI is InChI=1S/C53H65N3O20S/c1-23-12-11-13-24(2)50(67)54-40-44(64)38-37(45(65)48(40)77-19-18-71-35(59)14-15-36(60)72-22-33-31(58)20-34(75-33)56-21-25(3)51(68)55-52(56)69)39-47(29(7)43(38)63)76-53(9,49(39)66)73-17-16-32(70-10)26(4)46(74-30(8)57)28(6)42(62)27(5)41(23)61/h11-13,16-17,21,23,26-28,31-34,41-42,46,58,61-63H,14-15,18-20,22H2,1-10H3,(H,54,67)(H,55,68,69)/b12-11+,17-16+,24-13-/t23-,26-,27-,28-,31?,32+,33-,34-,41+,42+,46-,53+/m1/s1. The highest BCUT2D eigenvalue weighted by atomic mass is 32.2. The molecule has 1 aliphatic carbocycles. The fourth-order valence-corrected chi connectivity index (χ4v) is 10.4. The molecule has 77 heavy (non-hydrogen) atoms. The lowest BCUT2D eigenvalue weighted by Crippen LogP contribution is -2.46. The summed E-state index contributed by atoms with van der Waals surface area (Å²) in [4.78, 5) is 121. The van der Waals surface area contributed by atoms with E-state index in [9.17, 15) is 63.6 Å². The number of carbonyl (C=O) groups excluding carboxylic acids is 7. The minimum atomic E-state index is -2.20. The van der Waals surface area contributed by atoms with Crippen LogP contribution >= 0.6 is 11.8 Å². The third-order valence-corrected chi connectivity index (χ3v) is 15.2. The largest absolute Gasteiger partial charge is 0.507 e. The molecule has 4 aliphatic heterocycles. The Bertz CT molecular complexity index is 2940. The Morgan fingerprint density at radius 1 is 0.883 bits per heavy atom. The topological polar surface area (TPSA) is 332 Å². The fraction of sp³-hybridized carbons (Fsp3) is 0.528. The Morgan fingerprint density at radius 3 is 2.22 bits per heavy atom. The third kappa shape index (κ3) is 12.8. The van der Waals surface area contributed by atoms with E-state index in [-0.39, 0.29) is 34.6 Å². The normalized spacial score (nSPS) is 30.4. The highest BCUT2D eigenvalue weighted by Gasteiger charge is 2.53. The van der Waals surface area contributed by atoms with Gasteiger partial charge in [0.1, 0.15) is 48.8 Å². The van der Waals surface area contributed by atoms with Gasteiger partial charge in [-0.15, -0.1) is 11.8 Å². The van der Waals surface area contributed by atoms with Crippen molar-refractivity contribution in [2.45, 2.75) is 130 Å². The molecule has 1 aromatic carbocycles. The number of ether oxygens (including phenoxy) is 7. The summed E-state index contributed by atoms with van der Waals surface area (Å²) in [7, 11) is 1.38. The van der Waals surface area contributed by atoms with Gasteiger partial charge in [-0.25, -0.2) is 4.79 Å². The number of phenolic OH excluding ortho intramolecular Hbond substituents is 1. The van der Waals surface area contributed by atoms with E-state index >= 15 is 0 Å². The number of aromatic nitrogens is 2. The average Bonchev–Trinajstić information content (AvgIpc) is 3.90. The first-order valence-electron chi connectivity index (χ1n) is 24.9. The van der Waals surface area contributed by atoms with Crippen molar-refractivity contribution in [3.05, 3.63) is 102 Å². The van der Waals surface area contributed by atoms with Crippen molar-refractivity contribution in [2.24, 2.45) is 23.7 Å². The van der Waals surface area contributed by atoms with Crippen molar-refractivity contribution in [3.8, 4) is 11.5 Å². The molecule has 23 nitrogen and oxygen atoms in total. The van der Waals surface area contributed by atoms with Gasteiger partial charge in [0.15, 0.2) is 0 Å². The summed E-state index contributed by atoms with van der Waals surface area (Å²) in [5.74, 6) is -12.3. The predicted octanol–water partition coefficient (Wildman–Crippen LogP) is 3.06. The summed E-state index contributed by atoms with van der Waals surface area (Å²) in [5, 5.41) is 47.6. The van der Waals surface area contributed by atoms with Gasteiger partial charge in [-0.3, -0.25) is 47.9 Å². The maximum atomic E-state index is 14.8. The van der Waals surface area contributed by atoms with Crippen LogP contribution < -0.4 is 21.3 Å². The molecular weight excluding hydrogens is 1030 g/mol. The van der Waals surface area contributed by atoms with Gasteiger partial charge in [0.05, 0.1) is 65.1 Å². The number of methoxy groups -OCH3 is 1.